The van der Waals surface area contributed by atoms with Gasteiger partial charge in [-0.05, 0) is 24.6 Å². The lowest BCUT2D eigenvalue weighted by Gasteiger charge is -2.20. The Morgan fingerprint density at radius 2 is 2.19 bits per heavy atom. The summed E-state index contributed by atoms with van der Waals surface area (Å²) in [6, 6.07) is 11.3. The number of rotatable bonds is 4. The monoisotopic (exact) mass is 353 g/mol. The zero-order chi connectivity index (χ0) is 17.9. The number of nitrogens with zero attached hydrogens (tertiary/aromatic N) is 2. The third kappa shape index (κ3) is 3.46. The van der Waals surface area contributed by atoms with Crippen LogP contribution < -0.4 is 14.8 Å². The molecule has 4 rings (SSSR count). The van der Waals surface area contributed by atoms with E-state index < -0.39 is 0 Å². The fourth-order valence-corrected chi connectivity index (χ4v) is 3.16. The standard InChI is InChI=1S/C19H19N3O4/c23-17-12-26-18-16(21-17)8-14(9-20-18)19(24)22-7-6-13(10-22)11-25-15-4-2-1-3-5-15/h1-5,8-9,13H,6-7,10-12H2,(H,21,23). The number of pyridine rings is 1. The van der Waals surface area contributed by atoms with Crippen LogP contribution in [0, 0.1) is 5.92 Å². The van der Waals surface area contributed by atoms with Crippen LogP contribution in [-0.2, 0) is 4.79 Å². The number of para-hydroxylation sites is 1. The van der Waals surface area contributed by atoms with E-state index in [4.69, 9.17) is 9.47 Å². The minimum Gasteiger partial charge on any atom is -0.493 e. The van der Waals surface area contributed by atoms with Gasteiger partial charge in [0.2, 0.25) is 5.88 Å². The normalized spacial score (nSPS) is 18.7. The van der Waals surface area contributed by atoms with Crippen molar-refractivity contribution in [3.8, 4) is 11.6 Å². The molecule has 0 bridgehead atoms. The summed E-state index contributed by atoms with van der Waals surface area (Å²) in [4.78, 5) is 30.1. The Morgan fingerprint density at radius 3 is 3.04 bits per heavy atom. The van der Waals surface area contributed by atoms with Crippen LogP contribution in [0.4, 0.5) is 5.69 Å². The summed E-state index contributed by atoms with van der Waals surface area (Å²) in [5.41, 5.74) is 0.884. The highest BCUT2D eigenvalue weighted by Crippen LogP contribution is 2.27. The van der Waals surface area contributed by atoms with E-state index in [-0.39, 0.29) is 18.4 Å². The van der Waals surface area contributed by atoms with Gasteiger partial charge in [0.1, 0.15) is 11.4 Å². The van der Waals surface area contributed by atoms with Crippen molar-refractivity contribution in [2.75, 3.05) is 31.6 Å². The number of nitrogens with one attached hydrogen (secondary N) is 1. The molecule has 1 N–H and O–H groups in total. The molecular weight excluding hydrogens is 334 g/mol. The number of ether oxygens (including phenoxy) is 2. The molecule has 2 amide bonds. The maximum Gasteiger partial charge on any atom is 0.262 e. The van der Waals surface area contributed by atoms with Gasteiger partial charge in [-0.15, -0.1) is 0 Å². The van der Waals surface area contributed by atoms with E-state index in [2.05, 4.69) is 10.3 Å². The van der Waals surface area contributed by atoms with E-state index in [1.54, 1.807) is 11.0 Å². The zero-order valence-corrected chi connectivity index (χ0v) is 14.2. The van der Waals surface area contributed by atoms with Crippen LogP contribution >= 0.6 is 0 Å². The summed E-state index contributed by atoms with van der Waals surface area (Å²) in [6.07, 6.45) is 2.39. The second kappa shape index (κ2) is 7.03. The van der Waals surface area contributed by atoms with E-state index in [1.165, 1.54) is 6.20 Å². The highest BCUT2D eigenvalue weighted by molar-refractivity contribution is 5.99. The van der Waals surface area contributed by atoms with Crippen LogP contribution in [0.1, 0.15) is 16.8 Å². The van der Waals surface area contributed by atoms with Gasteiger partial charge in [-0.1, -0.05) is 18.2 Å². The number of likely N-dealkylation sites (tertiary alicyclic amines) is 1. The summed E-state index contributed by atoms with van der Waals surface area (Å²) in [5, 5.41) is 2.68. The van der Waals surface area contributed by atoms with Gasteiger partial charge in [0.25, 0.3) is 11.8 Å². The first kappa shape index (κ1) is 16.4. The molecule has 1 atom stereocenters. The Morgan fingerprint density at radius 1 is 1.35 bits per heavy atom. The molecule has 1 aromatic carbocycles. The van der Waals surface area contributed by atoms with Gasteiger partial charge >= 0.3 is 0 Å². The average molecular weight is 353 g/mol. The molecule has 0 radical (unpaired) electrons. The van der Waals surface area contributed by atoms with E-state index in [1.807, 2.05) is 30.3 Å². The maximum atomic E-state index is 12.7. The van der Waals surface area contributed by atoms with Gasteiger partial charge in [-0.3, -0.25) is 9.59 Å². The molecule has 3 heterocycles. The highest BCUT2D eigenvalue weighted by Gasteiger charge is 2.28. The molecule has 1 fully saturated rings. The Balaban J connectivity index is 1.37. The van der Waals surface area contributed by atoms with Crippen LogP contribution in [0.15, 0.2) is 42.6 Å². The van der Waals surface area contributed by atoms with Crippen molar-refractivity contribution >= 4 is 17.5 Å². The SMILES string of the molecule is O=C1COc2ncc(C(=O)N3CCC(COc4ccccc4)C3)cc2N1. The molecule has 7 heteroatoms. The van der Waals surface area contributed by atoms with E-state index >= 15 is 0 Å². The van der Waals surface area contributed by atoms with Crippen molar-refractivity contribution in [2.45, 2.75) is 6.42 Å². The number of amides is 2. The molecule has 1 aromatic heterocycles. The highest BCUT2D eigenvalue weighted by atomic mass is 16.5. The predicted molar refractivity (Wildman–Crippen MR) is 94.3 cm³/mol. The van der Waals surface area contributed by atoms with E-state index in [0.717, 1.165) is 12.2 Å². The van der Waals surface area contributed by atoms with Gasteiger partial charge in [-0.25, -0.2) is 4.98 Å². The molecule has 26 heavy (non-hydrogen) atoms. The molecule has 134 valence electrons. The molecule has 2 aromatic rings. The van der Waals surface area contributed by atoms with Gasteiger partial charge in [-0.2, -0.15) is 0 Å². The first-order valence-corrected chi connectivity index (χ1v) is 8.59. The minimum absolute atomic E-state index is 0.0531. The summed E-state index contributed by atoms with van der Waals surface area (Å²) in [5.74, 6) is 1.14. The van der Waals surface area contributed by atoms with Gasteiger partial charge in [0.15, 0.2) is 6.61 Å². The van der Waals surface area contributed by atoms with Crippen LogP contribution in [0.3, 0.4) is 0 Å². The first-order valence-electron chi connectivity index (χ1n) is 8.59. The number of aromatic nitrogens is 1. The summed E-state index contributed by atoms with van der Waals surface area (Å²) < 4.78 is 11.0. The Kier molecular flexibility index (Phi) is 4.43. The quantitative estimate of drug-likeness (QED) is 0.909. The van der Waals surface area contributed by atoms with Crippen molar-refractivity contribution < 1.29 is 19.1 Å². The average Bonchev–Trinajstić information content (AvgIpc) is 3.15. The Bertz CT molecular complexity index is 825. The predicted octanol–water partition coefficient (Wildman–Crippen LogP) is 1.95. The Hall–Kier alpha value is -3.09. The zero-order valence-electron chi connectivity index (χ0n) is 14.2. The molecular formula is C19H19N3O4. The molecule has 0 saturated carbocycles. The number of hydrogen-bond acceptors (Lipinski definition) is 5. The molecule has 0 aliphatic carbocycles. The molecule has 7 nitrogen and oxygen atoms in total. The smallest absolute Gasteiger partial charge is 0.262 e. The Labute approximate surface area is 150 Å². The lowest BCUT2D eigenvalue weighted by molar-refractivity contribution is -0.118. The third-order valence-electron chi connectivity index (χ3n) is 4.51. The van der Waals surface area contributed by atoms with Gasteiger partial charge in [0.05, 0.1) is 12.2 Å². The molecule has 1 saturated heterocycles. The third-order valence-corrected chi connectivity index (χ3v) is 4.51. The second-order valence-electron chi connectivity index (χ2n) is 6.44. The van der Waals surface area contributed by atoms with Crippen molar-refractivity contribution in [2.24, 2.45) is 5.92 Å². The van der Waals surface area contributed by atoms with Crippen LogP contribution in [0.2, 0.25) is 0 Å². The van der Waals surface area contributed by atoms with Crippen molar-refractivity contribution in [3.63, 3.8) is 0 Å². The van der Waals surface area contributed by atoms with E-state index in [0.29, 0.717) is 42.7 Å². The molecule has 2 aliphatic heterocycles. The van der Waals surface area contributed by atoms with Crippen LogP contribution in [0.25, 0.3) is 0 Å². The largest absolute Gasteiger partial charge is 0.493 e. The number of anilines is 1. The van der Waals surface area contributed by atoms with Crippen molar-refractivity contribution in [3.05, 3.63) is 48.2 Å². The summed E-state index contributed by atoms with van der Waals surface area (Å²) in [7, 11) is 0. The lowest BCUT2D eigenvalue weighted by atomic mass is 10.1. The number of benzene rings is 1. The fourth-order valence-electron chi connectivity index (χ4n) is 3.16. The summed E-state index contributed by atoms with van der Waals surface area (Å²) >= 11 is 0. The van der Waals surface area contributed by atoms with Crippen LogP contribution in [0.5, 0.6) is 11.6 Å². The number of fused-ring (bicyclic) bond motifs is 1. The molecule has 2 aliphatic rings. The summed E-state index contributed by atoms with van der Waals surface area (Å²) in [6.45, 7) is 1.86. The van der Waals surface area contributed by atoms with Gasteiger partial charge in [0, 0.05) is 25.2 Å². The van der Waals surface area contributed by atoms with Crippen molar-refractivity contribution in [1.82, 2.24) is 9.88 Å². The second-order valence-corrected chi connectivity index (χ2v) is 6.44. The van der Waals surface area contributed by atoms with Gasteiger partial charge < -0.3 is 19.7 Å². The lowest BCUT2D eigenvalue weighted by Crippen LogP contribution is -2.30. The fraction of sp³-hybridized carbons (Fsp3) is 0.316. The first-order chi connectivity index (χ1) is 12.7. The number of carbonyl (C=O) groups excluding carboxylic acids is 2. The molecule has 1 unspecified atom stereocenters. The minimum atomic E-state index is -0.247. The topological polar surface area (TPSA) is 80.8 Å². The van der Waals surface area contributed by atoms with Crippen LogP contribution in [-0.4, -0.2) is 48.0 Å². The molecule has 0 spiro atoms. The number of carbonyl (C=O) groups is 2. The maximum absolute atomic E-state index is 12.7. The van der Waals surface area contributed by atoms with E-state index in [9.17, 15) is 9.59 Å². The van der Waals surface area contributed by atoms with Crippen molar-refractivity contribution in [1.29, 1.82) is 0 Å². The number of hydrogen-bond donors (Lipinski definition) is 1.